The van der Waals surface area contributed by atoms with E-state index in [1.54, 1.807) is 19.1 Å². The van der Waals surface area contributed by atoms with Crippen LogP contribution >= 0.6 is 11.8 Å². The summed E-state index contributed by atoms with van der Waals surface area (Å²) >= 11 is 1.89. The predicted molar refractivity (Wildman–Crippen MR) is 145 cm³/mol. The van der Waals surface area contributed by atoms with Crippen LogP contribution in [0.5, 0.6) is 0 Å². The lowest BCUT2D eigenvalue weighted by atomic mass is 9.95. The number of rotatable bonds is 5. The van der Waals surface area contributed by atoms with E-state index in [-0.39, 0.29) is 27.7 Å². The summed E-state index contributed by atoms with van der Waals surface area (Å²) < 4.78 is 92.6. The van der Waals surface area contributed by atoms with Gasteiger partial charge in [0.05, 0.1) is 22.2 Å². The number of nitrogens with zero attached hydrogens (tertiary/aromatic N) is 2. The molecule has 0 saturated carbocycles. The molecule has 1 aromatic heterocycles. The van der Waals surface area contributed by atoms with Gasteiger partial charge in [-0.2, -0.15) is 24.9 Å². The fraction of sp³-hybridized carbons (Fsp3) is 0.250. The first-order valence-corrected chi connectivity index (χ1v) is 13.6. The number of hydrogen-bond acceptors (Lipinski definition) is 5. The Balaban J connectivity index is 0.000000541. The molecule has 1 aliphatic rings. The highest BCUT2D eigenvalue weighted by Crippen LogP contribution is 2.38. The number of fused-ring (bicyclic) bond motifs is 1. The maximum Gasteiger partial charge on any atom is 0.490 e. The van der Waals surface area contributed by atoms with Crippen LogP contribution in [0, 0.1) is 30.2 Å². The van der Waals surface area contributed by atoms with E-state index in [1.807, 2.05) is 11.8 Å². The quantitative estimate of drug-likeness (QED) is 0.168. The fourth-order valence-electron chi connectivity index (χ4n) is 4.48. The molecule has 0 amide bonds. The molecule has 0 radical (unpaired) electrons. The minimum atomic E-state index is -5.08. The molecular formula is C28H22F7N3O4S. The molecule has 228 valence electrons. The highest BCUT2D eigenvalue weighted by molar-refractivity contribution is 7.99. The highest BCUT2D eigenvalue weighted by atomic mass is 32.2. The van der Waals surface area contributed by atoms with Crippen LogP contribution in [0.25, 0.3) is 33.3 Å². The Kier molecular flexibility index (Phi) is 9.35. The van der Waals surface area contributed by atoms with E-state index < -0.39 is 52.5 Å². The number of aromatic amines is 1. The molecule has 0 bridgehead atoms. The molecule has 0 spiro atoms. The number of hydrogen-bond donors (Lipinski definition) is 3. The zero-order valence-electron chi connectivity index (χ0n) is 22.2. The molecule has 1 fully saturated rings. The number of aryl methyl sites for hydroxylation is 1. The summed E-state index contributed by atoms with van der Waals surface area (Å²) in [5, 5.41) is 16.7. The molecule has 1 aliphatic heterocycles. The number of imidazole rings is 1. The maximum atomic E-state index is 15.2. The van der Waals surface area contributed by atoms with Crippen molar-refractivity contribution < 1.29 is 50.5 Å². The number of carboxylic acids is 2. The summed E-state index contributed by atoms with van der Waals surface area (Å²) in [6.45, 7) is 4.15. The van der Waals surface area contributed by atoms with E-state index in [1.165, 1.54) is 18.2 Å². The van der Waals surface area contributed by atoms with Gasteiger partial charge in [0, 0.05) is 31.1 Å². The van der Waals surface area contributed by atoms with E-state index in [4.69, 9.17) is 9.90 Å². The summed E-state index contributed by atoms with van der Waals surface area (Å²) in [5.74, 6) is -8.01. The van der Waals surface area contributed by atoms with Gasteiger partial charge in [0.25, 0.3) is 0 Å². The summed E-state index contributed by atoms with van der Waals surface area (Å²) in [6, 6.07) is 8.43. The number of thioether (sulfide) groups is 1. The largest absolute Gasteiger partial charge is 0.490 e. The van der Waals surface area contributed by atoms with Gasteiger partial charge in [-0.3, -0.25) is 4.90 Å². The van der Waals surface area contributed by atoms with Crippen molar-refractivity contribution >= 4 is 34.7 Å². The van der Waals surface area contributed by atoms with E-state index in [9.17, 15) is 23.1 Å². The third-order valence-electron chi connectivity index (χ3n) is 6.48. The lowest BCUT2D eigenvalue weighted by molar-refractivity contribution is -0.192. The summed E-state index contributed by atoms with van der Waals surface area (Å²) in [4.78, 5) is 29.7. The van der Waals surface area contributed by atoms with Gasteiger partial charge in [0.1, 0.15) is 11.3 Å². The Labute approximate surface area is 243 Å². The van der Waals surface area contributed by atoms with Crippen molar-refractivity contribution in [1.82, 2.24) is 14.9 Å². The zero-order chi connectivity index (χ0) is 31.6. The molecule has 3 aromatic carbocycles. The number of aromatic carboxylic acids is 1. The topological polar surface area (TPSA) is 107 Å². The van der Waals surface area contributed by atoms with Crippen LogP contribution in [0.4, 0.5) is 30.7 Å². The molecule has 0 unspecified atom stereocenters. The van der Waals surface area contributed by atoms with Crippen LogP contribution in [0.3, 0.4) is 0 Å². The van der Waals surface area contributed by atoms with Crippen LogP contribution in [0.2, 0.25) is 0 Å². The van der Waals surface area contributed by atoms with E-state index >= 15 is 17.6 Å². The Morgan fingerprint density at radius 1 is 0.907 bits per heavy atom. The molecule has 4 aromatic rings. The smallest absolute Gasteiger partial charge is 0.478 e. The Hall–Kier alpha value is -4.11. The Bertz CT molecular complexity index is 1660. The first kappa shape index (κ1) is 31.8. The maximum absolute atomic E-state index is 15.2. The molecule has 1 saturated heterocycles. The summed E-state index contributed by atoms with van der Waals surface area (Å²) in [5.41, 5.74) is -1.29. The average molecular weight is 630 g/mol. The number of aromatic nitrogens is 2. The van der Waals surface area contributed by atoms with E-state index in [0.717, 1.165) is 36.2 Å². The van der Waals surface area contributed by atoms with Crippen molar-refractivity contribution in [2.75, 3.05) is 24.6 Å². The number of H-pyrrole nitrogens is 1. The van der Waals surface area contributed by atoms with E-state index in [0.29, 0.717) is 12.4 Å². The standard InChI is InChI=1S/C26H21F4N3O2S.C2HF3O2/c1-13-31-18-11-16(10-17(26(34)35)25(18)32-13)20-23(29)21(27)19(22(28)24(20)30)15-4-2-14(3-5-15)12-33-6-8-36-9-7-33;3-2(4,5)1(6)7/h2-5,10-11H,6-9,12H2,1H3,(H,31,32)(H,34,35);(H,6,7). The molecule has 3 N–H and O–H groups in total. The van der Waals surface area contributed by atoms with Crippen molar-refractivity contribution in [1.29, 1.82) is 0 Å². The minimum absolute atomic E-state index is 0.00169. The second-order valence-electron chi connectivity index (χ2n) is 9.44. The molecule has 0 atom stereocenters. The fourth-order valence-corrected chi connectivity index (χ4v) is 5.46. The monoisotopic (exact) mass is 629 g/mol. The summed E-state index contributed by atoms with van der Waals surface area (Å²) in [7, 11) is 0. The second kappa shape index (κ2) is 12.6. The Morgan fingerprint density at radius 2 is 1.42 bits per heavy atom. The number of carboxylic acid groups (broad SMARTS) is 2. The third kappa shape index (κ3) is 6.94. The first-order chi connectivity index (χ1) is 20.2. The minimum Gasteiger partial charge on any atom is -0.478 e. The van der Waals surface area contributed by atoms with Gasteiger partial charge in [0.15, 0.2) is 23.3 Å². The van der Waals surface area contributed by atoms with Crippen LogP contribution in [0.15, 0.2) is 36.4 Å². The summed E-state index contributed by atoms with van der Waals surface area (Å²) in [6.07, 6.45) is -5.08. The predicted octanol–water partition coefficient (Wildman–Crippen LogP) is 6.64. The lowest BCUT2D eigenvalue weighted by Gasteiger charge is -2.26. The lowest BCUT2D eigenvalue weighted by Crippen LogP contribution is -2.31. The number of alkyl halides is 3. The van der Waals surface area contributed by atoms with Crippen molar-refractivity contribution in [3.63, 3.8) is 0 Å². The number of carbonyl (C=O) groups is 2. The van der Waals surface area contributed by atoms with Crippen LogP contribution in [-0.4, -0.2) is 67.8 Å². The van der Waals surface area contributed by atoms with Gasteiger partial charge >= 0.3 is 18.1 Å². The van der Waals surface area contributed by atoms with Crippen LogP contribution in [0.1, 0.15) is 21.7 Å². The van der Waals surface area contributed by atoms with Gasteiger partial charge in [0.2, 0.25) is 0 Å². The van der Waals surface area contributed by atoms with Gasteiger partial charge in [-0.1, -0.05) is 24.3 Å². The van der Waals surface area contributed by atoms with Crippen molar-refractivity contribution in [2.45, 2.75) is 19.6 Å². The third-order valence-corrected chi connectivity index (χ3v) is 7.42. The number of benzene rings is 3. The van der Waals surface area contributed by atoms with Gasteiger partial charge in [-0.25, -0.2) is 32.1 Å². The van der Waals surface area contributed by atoms with Gasteiger partial charge in [-0.05, 0) is 35.7 Å². The Morgan fingerprint density at radius 3 is 1.91 bits per heavy atom. The van der Waals surface area contributed by atoms with Crippen molar-refractivity contribution in [2.24, 2.45) is 0 Å². The normalized spacial score (nSPS) is 14.0. The molecule has 5 rings (SSSR count). The average Bonchev–Trinajstić information content (AvgIpc) is 3.33. The molecule has 2 heterocycles. The SMILES string of the molecule is Cc1nc2c(C(=O)O)cc(-c3c(F)c(F)c(-c4ccc(CN5CCSCC5)cc4)c(F)c3F)cc2[nH]1.O=C(O)C(F)(F)F. The van der Waals surface area contributed by atoms with Crippen molar-refractivity contribution in [3.05, 3.63) is 76.6 Å². The van der Waals surface area contributed by atoms with Gasteiger partial charge in [-0.15, -0.1) is 0 Å². The first-order valence-electron chi connectivity index (χ1n) is 12.5. The van der Waals surface area contributed by atoms with Gasteiger partial charge < -0.3 is 15.2 Å². The molecule has 0 aliphatic carbocycles. The number of nitrogens with one attached hydrogen (secondary N) is 1. The molecule has 43 heavy (non-hydrogen) atoms. The molecule has 15 heteroatoms. The zero-order valence-corrected chi connectivity index (χ0v) is 23.0. The van der Waals surface area contributed by atoms with Crippen LogP contribution < -0.4 is 0 Å². The van der Waals surface area contributed by atoms with Crippen LogP contribution in [-0.2, 0) is 11.3 Å². The number of halogens is 7. The molecular weight excluding hydrogens is 607 g/mol. The number of aliphatic carboxylic acids is 1. The van der Waals surface area contributed by atoms with Crippen molar-refractivity contribution in [3.8, 4) is 22.3 Å². The molecule has 7 nitrogen and oxygen atoms in total. The highest BCUT2D eigenvalue weighted by Gasteiger charge is 2.38. The second-order valence-corrected chi connectivity index (χ2v) is 10.7. The van der Waals surface area contributed by atoms with E-state index in [2.05, 4.69) is 14.9 Å².